The molecular formula is C25H31ClN8O. The molecule has 0 spiro atoms. The van der Waals surface area contributed by atoms with Crippen LogP contribution in [0.1, 0.15) is 24.1 Å². The predicted molar refractivity (Wildman–Crippen MR) is 142 cm³/mol. The smallest absolute Gasteiger partial charge is 0.244 e. The van der Waals surface area contributed by atoms with Crippen LogP contribution in [0.3, 0.4) is 0 Å². The van der Waals surface area contributed by atoms with Crippen LogP contribution < -0.4 is 26.6 Å². The summed E-state index contributed by atoms with van der Waals surface area (Å²) in [7, 11) is 1.82. The lowest BCUT2D eigenvalue weighted by Crippen LogP contribution is -2.44. The Morgan fingerprint density at radius 3 is 2.77 bits per heavy atom. The molecule has 3 aromatic rings. The van der Waals surface area contributed by atoms with Crippen LogP contribution in [-0.2, 0) is 11.3 Å². The molecule has 1 fully saturated rings. The number of amides is 1. The Kier molecular flexibility index (Phi) is 7.89. The molecular weight excluding hydrogens is 464 g/mol. The van der Waals surface area contributed by atoms with Crippen molar-refractivity contribution in [1.82, 2.24) is 19.9 Å². The van der Waals surface area contributed by atoms with Crippen molar-refractivity contribution in [2.75, 3.05) is 42.2 Å². The Morgan fingerprint density at radius 1 is 1.26 bits per heavy atom. The largest absolute Gasteiger partial charge is 0.375 e. The topological polar surface area (TPSA) is 113 Å². The lowest BCUT2D eigenvalue weighted by atomic mass is 10.1. The van der Waals surface area contributed by atoms with Crippen molar-refractivity contribution >= 4 is 40.8 Å². The minimum Gasteiger partial charge on any atom is -0.375 e. The molecule has 3 heterocycles. The molecule has 1 aromatic carbocycles. The summed E-state index contributed by atoms with van der Waals surface area (Å²) in [6.45, 7) is 6.33. The number of aromatic nitrogens is 3. The fourth-order valence-electron chi connectivity index (χ4n) is 4.20. The van der Waals surface area contributed by atoms with Gasteiger partial charge in [0.2, 0.25) is 11.9 Å². The van der Waals surface area contributed by atoms with E-state index >= 15 is 0 Å². The van der Waals surface area contributed by atoms with Crippen LogP contribution in [0.25, 0.3) is 5.70 Å². The zero-order valence-electron chi connectivity index (χ0n) is 19.8. The molecule has 2 aromatic heterocycles. The number of nitrogens with one attached hydrogen (secondary N) is 3. The van der Waals surface area contributed by atoms with Crippen LogP contribution in [0.4, 0.5) is 17.6 Å². The lowest BCUT2D eigenvalue weighted by Gasteiger charge is -2.32. The molecule has 1 atom stereocenters. The van der Waals surface area contributed by atoms with Gasteiger partial charge in [0.1, 0.15) is 11.5 Å². The highest BCUT2D eigenvalue weighted by Crippen LogP contribution is 2.31. The number of benzene rings is 1. The molecule has 0 radical (unpaired) electrons. The van der Waals surface area contributed by atoms with E-state index in [4.69, 9.17) is 22.3 Å². The Balaban J connectivity index is 1.61. The Labute approximate surface area is 210 Å². The van der Waals surface area contributed by atoms with E-state index in [1.54, 1.807) is 18.3 Å². The molecule has 0 unspecified atom stereocenters. The first kappa shape index (κ1) is 24.6. The maximum atomic E-state index is 12.5. The lowest BCUT2D eigenvalue weighted by molar-refractivity contribution is -0.115. The number of halogens is 1. The number of hydrogen-bond donors (Lipinski definition) is 4. The molecule has 1 aliphatic rings. The van der Waals surface area contributed by atoms with E-state index in [9.17, 15) is 4.79 Å². The molecule has 1 aliphatic heterocycles. The SMILES string of the molecule is C=C(NCC(=O)Nc1ccccn1)c1c(NC)nc(N2CCC[C@@H](N)C2)n1Cc1ccccc1Cl. The van der Waals surface area contributed by atoms with E-state index in [2.05, 4.69) is 37.0 Å². The van der Waals surface area contributed by atoms with Gasteiger partial charge in [-0.05, 0) is 36.6 Å². The van der Waals surface area contributed by atoms with Crippen LogP contribution in [0.2, 0.25) is 5.02 Å². The zero-order chi connectivity index (χ0) is 24.8. The van der Waals surface area contributed by atoms with E-state index in [1.807, 2.05) is 37.4 Å². The highest BCUT2D eigenvalue weighted by Gasteiger charge is 2.26. The molecule has 0 bridgehead atoms. The number of piperidine rings is 1. The number of carbonyl (C=O) groups is 1. The van der Waals surface area contributed by atoms with Crippen LogP contribution in [0, 0.1) is 0 Å². The third-order valence-electron chi connectivity index (χ3n) is 5.89. The Hall–Kier alpha value is -3.56. The average molecular weight is 495 g/mol. The third kappa shape index (κ3) is 5.93. The Morgan fingerprint density at radius 2 is 2.06 bits per heavy atom. The number of anilines is 3. The fraction of sp³-hybridized carbons (Fsp3) is 0.320. The average Bonchev–Trinajstić information content (AvgIpc) is 3.23. The van der Waals surface area contributed by atoms with Gasteiger partial charge in [-0.2, -0.15) is 4.98 Å². The van der Waals surface area contributed by atoms with Crippen molar-refractivity contribution in [3.8, 4) is 0 Å². The quantitative estimate of drug-likeness (QED) is 0.361. The molecule has 35 heavy (non-hydrogen) atoms. The summed E-state index contributed by atoms with van der Waals surface area (Å²) < 4.78 is 2.08. The zero-order valence-corrected chi connectivity index (χ0v) is 20.6. The third-order valence-corrected chi connectivity index (χ3v) is 6.26. The maximum Gasteiger partial charge on any atom is 0.244 e. The number of rotatable bonds is 9. The molecule has 9 nitrogen and oxygen atoms in total. The molecule has 4 rings (SSSR count). The first-order valence-corrected chi connectivity index (χ1v) is 12.0. The van der Waals surface area contributed by atoms with Gasteiger partial charge in [0.05, 0.1) is 18.8 Å². The van der Waals surface area contributed by atoms with Crippen molar-refractivity contribution < 1.29 is 4.79 Å². The van der Waals surface area contributed by atoms with Crippen molar-refractivity contribution in [3.05, 3.63) is 71.5 Å². The minimum atomic E-state index is -0.227. The summed E-state index contributed by atoms with van der Waals surface area (Å²) in [6, 6.07) is 13.2. The first-order chi connectivity index (χ1) is 17.0. The molecule has 5 N–H and O–H groups in total. The molecule has 10 heteroatoms. The number of imidazole rings is 1. The van der Waals surface area contributed by atoms with E-state index in [0.29, 0.717) is 35.4 Å². The van der Waals surface area contributed by atoms with Crippen LogP contribution in [0.15, 0.2) is 55.2 Å². The summed E-state index contributed by atoms with van der Waals surface area (Å²) in [6.07, 6.45) is 3.62. The van der Waals surface area contributed by atoms with Gasteiger partial charge in [0, 0.05) is 37.4 Å². The summed E-state index contributed by atoms with van der Waals surface area (Å²) in [4.78, 5) is 23.7. The van der Waals surface area contributed by atoms with E-state index in [1.165, 1.54) is 0 Å². The van der Waals surface area contributed by atoms with Crippen molar-refractivity contribution in [1.29, 1.82) is 0 Å². The second-order valence-corrected chi connectivity index (χ2v) is 8.89. The molecule has 0 aliphatic carbocycles. The van der Waals surface area contributed by atoms with E-state index < -0.39 is 0 Å². The van der Waals surface area contributed by atoms with Gasteiger partial charge in [-0.1, -0.05) is 42.4 Å². The van der Waals surface area contributed by atoms with Crippen LogP contribution >= 0.6 is 11.6 Å². The standard InChI is InChI=1S/C25H31ClN8O/c1-17(30-14-22(35)31-21-11-5-6-12-29-21)23-24(28-2)32-25(33-13-7-9-19(27)16-33)34(23)15-18-8-3-4-10-20(18)26/h3-6,8,10-12,19,28,30H,1,7,9,13-16,27H2,2H3,(H,29,31,35)/t19-/m1/s1. The van der Waals surface area contributed by atoms with Gasteiger partial charge < -0.3 is 31.2 Å². The fourth-order valence-corrected chi connectivity index (χ4v) is 4.39. The monoisotopic (exact) mass is 494 g/mol. The van der Waals surface area contributed by atoms with E-state index in [0.717, 1.165) is 36.6 Å². The minimum absolute atomic E-state index is 0.0275. The molecule has 0 saturated carbocycles. The normalized spacial score (nSPS) is 15.5. The van der Waals surface area contributed by atoms with Crippen molar-refractivity contribution in [2.45, 2.75) is 25.4 Å². The summed E-state index contributed by atoms with van der Waals surface area (Å²) in [5.74, 6) is 1.72. The van der Waals surface area contributed by atoms with Gasteiger partial charge in [-0.25, -0.2) is 4.98 Å². The Bertz CT molecular complexity index is 1180. The summed E-state index contributed by atoms with van der Waals surface area (Å²) in [5, 5.41) is 9.77. The van der Waals surface area contributed by atoms with Crippen molar-refractivity contribution in [2.24, 2.45) is 5.73 Å². The van der Waals surface area contributed by atoms with Crippen LogP contribution in [-0.4, -0.2) is 53.2 Å². The summed E-state index contributed by atoms with van der Waals surface area (Å²) in [5.41, 5.74) is 8.56. The van der Waals surface area contributed by atoms with Gasteiger partial charge in [-0.3, -0.25) is 4.79 Å². The number of hydrogen-bond acceptors (Lipinski definition) is 7. The number of nitrogens with two attached hydrogens (primary N) is 1. The number of nitrogens with zero attached hydrogens (tertiary/aromatic N) is 4. The highest BCUT2D eigenvalue weighted by atomic mass is 35.5. The van der Waals surface area contributed by atoms with Crippen LogP contribution in [0.5, 0.6) is 0 Å². The number of pyridine rings is 1. The summed E-state index contributed by atoms with van der Waals surface area (Å²) >= 11 is 6.51. The second kappa shape index (κ2) is 11.2. The van der Waals surface area contributed by atoms with Crippen molar-refractivity contribution in [3.63, 3.8) is 0 Å². The second-order valence-electron chi connectivity index (χ2n) is 8.48. The predicted octanol–water partition coefficient (Wildman–Crippen LogP) is 3.15. The molecule has 1 amide bonds. The van der Waals surface area contributed by atoms with Gasteiger partial charge in [-0.15, -0.1) is 0 Å². The van der Waals surface area contributed by atoms with Gasteiger partial charge in [0.15, 0.2) is 5.82 Å². The highest BCUT2D eigenvalue weighted by molar-refractivity contribution is 6.31. The molecule has 1 saturated heterocycles. The maximum absolute atomic E-state index is 12.5. The van der Waals surface area contributed by atoms with Gasteiger partial charge in [0.25, 0.3) is 0 Å². The number of carbonyl (C=O) groups excluding carboxylic acids is 1. The van der Waals surface area contributed by atoms with E-state index in [-0.39, 0.29) is 18.5 Å². The first-order valence-electron chi connectivity index (χ1n) is 11.6. The molecule has 184 valence electrons. The van der Waals surface area contributed by atoms with Gasteiger partial charge >= 0.3 is 0 Å².